The molecule has 0 unspecified atom stereocenters. The zero-order valence-electron chi connectivity index (χ0n) is 14.1. The molecule has 3 aromatic rings. The number of carbonyl (C=O) groups is 1. The van der Waals surface area contributed by atoms with Crippen molar-refractivity contribution in [3.8, 4) is 23.8 Å². The molecule has 3 rings (SSSR count). The second-order valence-electron chi connectivity index (χ2n) is 5.55. The quantitative estimate of drug-likeness (QED) is 0.369. The minimum Gasteiger partial charge on any atom is -0.507 e. The van der Waals surface area contributed by atoms with E-state index >= 15 is 0 Å². The molecular weight excluding hydrogens is 408 g/mol. The van der Waals surface area contributed by atoms with Crippen molar-refractivity contribution in [2.24, 2.45) is 5.10 Å². The first-order chi connectivity index (χ1) is 13.1. The molecule has 3 aromatic carbocycles. The number of benzene rings is 3. The standard InChI is InChI=1S/C21H15BrN2O3/c1-2-11-27-20-10-7-14-5-3-4-6-16(14)18(20)13-23-24-21(26)17-12-15(22)8-9-19(17)25/h1,3-10,12-13,25H,11H2,(H,24,26)/b23-13+. The largest absolute Gasteiger partial charge is 0.507 e. The molecule has 0 aliphatic rings. The maximum Gasteiger partial charge on any atom is 0.275 e. The average molecular weight is 423 g/mol. The summed E-state index contributed by atoms with van der Waals surface area (Å²) in [5, 5.41) is 15.8. The van der Waals surface area contributed by atoms with Gasteiger partial charge in [0.15, 0.2) is 0 Å². The van der Waals surface area contributed by atoms with E-state index in [1.165, 1.54) is 18.3 Å². The first-order valence-corrected chi connectivity index (χ1v) is 8.79. The van der Waals surface area contributed by atoms with Gasteiger partial charge in [-0.25, -0.2) is 5.43 Å². The predicted octanol–water partition coefficient (Wildman–Crippen LogP) is 4.08. The Labute approximate surface area is 164 Å². The summed E-state index contributed by atoms with van der Waals surface area (Å²) in [5.74, 6) is 2.33. The molecule has 6 heteroatoms. The van der Waals surface area contributed by atoms with E-state index in [4.69, 9.17) is 11.2 Å². The molecule has 0 fully saturated rings. The maximum absolute atomic E-state index is 12.3. The van der Waals surface area contributed by atoms with Gasteiger partial charge in [0.25, 0.3) is 5.91 Å². The smallest absolute Gasteiger partial charge is 0.275 e. The third-order valence-electron chi connectivity index (χ3n) is 3.80. The van der Waals surface area contributed by atoms with E-state index in [2.05, 4.69) is 32.4 Å². The predicted molar refractivity (Wildman–Crippen MR) is 109 cm³/mol. The van der Waals surface area contributed by atoms with Gasteiger partial charge in [-0.05, 0) is 35.0 Å². The lowest BCUT2D eigenvalue weighted by Gasteiger charge is -2.10. The normalized spacial score (nSPS) is 10.7. The Morgan fingerprint density at radius 2 is 2.07 bits per heavy atom. The van der Waals surface area contributed by atoms with Gasteiger partial charge in [0, 0.05) is 10.0 Å². The number of nitrogens with zero attached hydrogens (tertiary/aromatic N) is 1. The number of nitrogens with one attached hydrogen (secondary N) is 1. The third-order valence-corrected chi connectivity index (χ3v) is 4.30. The molecule has 0 aliphatic heterocycles. The van der Waals surface area contributed by atoms with Crippen molar-refractivity contribution in [2.75, 3.05) is 6.61 Å². The van der Waals surface area contributed by atoms with Crippen molar-refractivity contribution >= 4 is 38.8 Å². The van der Waals surface area contributed by atoms with Gasteiger partial charge in [0.2, 0.25) is 0 Å². The van der Waals surface area contributed by atoms with Crippen LogP contribution < -0.4 is 10.2 Å². The van der Waals surface area contributed by atoms with Gasteiger partial charge in [-0.3, -0.25) is 4.79 Å². The Balaban J connectivity index is 1.89. The molecule has 0 aliphatic carbocycles. The number of phenolic OH excluding ortho intramolecular Hbond substituents is 1. The monoisotopic (exact) mass is 422 g/mol. The number of terminal acetylenes is 1. The van der Waals surface area contributed by atoms with Gasteiger partial charge in [-0.15, -0.1) is 6.42 Å². The summed E-state index contributed by atoms with van der Waals surface area (Å²) in [4.78, 5) is 12.3. The van der Waals surface area contributed by atoms with Crippen molar-refractivity contribution in [1.82, 2.24) is 5.43 Å². The average Bonchev–Trinajstić information content (AvgIpc) is 2.68. The fourth-order valence-electron chi connectivity index (χ4n) is 2.56. The Morgan fingerprint density at radius 3 is 2.89 bits per heavy atom. The number of aromatic hydroxyl groups is 1. The topological polar surface area (TPSA) is 70.9 Å². The van der Waals surface area contributed by atoms with Gasteiger partial charge in [0.05, 0.1) is 11.8 Å². The SMILES string of the molecule is C#CCOc1ccc2ccccc2c1/C=N/NC(=O)c1cc(Br)ccc1O. The molecule has 5 nitrogen and oxygen atoms in total. The number of phenols is 1. The number of carbonyl (C=O) groups excluding carboxylic acids is 1. The van der Waals surface area contributed by atoms with Crippen LogP contribution in [0.5, 0.6) is 11.5 Å². The van der Waals surface area contributed by atoms with E-state index in [0.717, 1.165) is 10.8 Å². The molecule has 2 N–H and O–H groups in total. The summed E-state index contributed by atoms with van der Waals surface area (Å²) in [5.41, 5.74) is 3.23. The van der Waals surface area contributed by atoms with Gasteiger partial charge in [-0.2, -0.15) is 5.10 Å². The zero-order chi connectivity index (χ0) is 19.2. The van der Waals surface area contributed by atoms with Crippen LogP contribution in [0.25, 0.3) is 10.8 Å². The molecule has 27 heavy (non-hydrogen) atoms. The molecule has 0 heterocycles. The lowest BCUT2D eigenvalue weighted by Crippen LogP contribution is -2.17. The summed E-state index contributed by atoms with van der Waals surface area (Å²) in [6.45, 7) is 0.122. The third kappa shape index (κ3) is 4.27. The van der Waals surface area contributed by atoms with Gasteiger partial charge in [-0.1, -0.05) is 52.2 Å². The highest BCUT2D eigenvalue weighted by molar-refractivity contribution is 9.10. The molecule has 0 atom stereocenters. The van der Waals surface area contributed by atoms with Crippen LogP contribution in [0.4, 0.5) is 0 Å². The summed E-state index contributed by atoms with van der Waals surface area (Å²) in [6.07, 6.45) is 6.78. The van der Waals surface area contributed by atoms with E-state index in [9.17, 15) is 9.90 Å². The van der Waals surface area contributed by atoms with E-state index < -0.39 is 5.91 Å². The summed E-state index contributed by atoms with van der Waals surface area (Å²) in [7, 11) is 0. The number of fused-ring (bicyclic) bond motifs is 1. The number of hydrazone groups is 1. The molecule has 0 radical (unpaired) electrons. The molecule has 1 amide bonds. The van der Waals surface area contributed by atoms with E-state index in [0.29, 0.717) is 15.8 Å². The van der Waals surface area contributed by atoms with E-state index in [-0.39, 0.29) is 17.9 Å². The fraction of sp³-hybridized carbons (Fsp3) is 0.0476. The highest BCUT2D eigenvalue weighted by atomic mass is 79.9. The Kier molecular flexibility index (Phi) is 5.74. The first kappa shape index (κ1) is 18.5. The molecule has 0 saturated heterocycles. The molecule has 134 valence electrons. The molecule has 0 saturated carbocycles. The Bertz CT molecular complexity index is 1070. The zero-order valence-corrected chi connectivity index (χ0v) is 15.7. The van der Waals surface area contributed by atoms with Gasteiger partial charge < -0.3 is 9.84 Å². The fourth-order valence-corrected chi connectivity index (χ4v) is 2.92. The van der Waals surface area contributed by atoms with Crippen molar-refractivity contribution in [1.29, 1.82) is 0 Å². The molecule has 0 aromatic heterocycles. The van der Waals surface area contributed by atoms with Crippen LogP contribution in [0.15, 0.2) is 64.2 Å². The van der Waals surface area contributed by atoms with Crippen LogP contribution in [0.2, 0.25) is 0 Å². The minimum atomic E-state index is -0.531. The van der Waals surface area contributed by atoms with E-state index in [1.807, 2.05) is 36.4 Å². The van der Waals surface area contributed by atoms with Gasteiger partial charge in [0.1, 0.15) is 18.1 Å². The van der Waals surface area contributed by atoms with E-state index in [1.54, 1.807) is 6.07 Å². The molecule has 0 spiro atoms. The van der Waals surface area contributed by atoms with Crippen molar-refractivity contribution in [2.45, 2.75) is 0 Å². The van der Waals surface area contributed by atoms with Gasteiger partial charge >= 0.3 is 0 Å². The first-order valence-electron chi connectivity index (χ1n) is 8.00. The number of halogens is 1. The number of rotatable bonds is 5. The van der Waals surface area contributed by atoms with Crippen molar-refractivity contribution in [3.63, 3.8) is 0 Å². The second-order valence-corrected chi connectivity index (χ2v) is 6.47. The highest BCUT2D eigenvalue weighted by Crippen LogP contribution is 2.27. The number of ether oxygens (including phenoxy) is 1. The maximum atomic E-state index is 12.3. The van der Waals surface area contributed by atoms with Crippen LogP contribution >= 0.6 is 15.9 Å². The number of hydrogen-bond acceptors (Lipinski definition) is 4. The molecule has 0 bridgehead atoms. The minimum absolute atomic E-state index is 0.114. The van der Waals surface area contributed by atoms with Crippen LogP contribution in [0.1, 0.15) is 15.9 Å². The van der Waals surface area contributed by atoms with Crippen molar-refractivity contribution < 1.29 is 14.6 Å². The lowest BCUT2D eigenvalue weighted by molar-refractivity contribution is 0.0952. The highest BCUT2D eigenvalue weighted by Gasteiger charge is 2.11. The van der Waals surface area contributed by atoms with Crippen molar-refractivity contribution in [3.05, 3.63) is 70.2 Å². The Morgan fingerprint density at radius 1 is 1.26 bits per heavy atom. The number of hydrogen-bond donors (Lipinski definition) is 2. The van der Waals surface area contributed by atoms with Crippen LogP contribution in [-0.2, 0) is 0 Å². The van der Waals surface area contributed by atoms with Crippen LogP contribution in [0.3, 0.4) is 0 Å². The summed E-state index contributed by atoms with van der Waals surface area (Å²) >= 11 is 3.27. The second kappa shape index (κ2) is 8.39. The van der Waals surface area contributed by atoms with Crippen LogP contribution in [0, 0.1) is 12.3 Å². The van der Waals surface area contributed by atoms with Crippen LogP contribution in [-0.4, -0.2) is 23.8 Å². The number of amides is 1. The Hall–Kier alpha value is -3.30. The molecular formula is C21H15BrN2O3. The lowest BCUT2D eigenvalue weighted by atomic mass is 10.0. The summed E-state index contributed by atoms with van der Waals surface area (Å²) in [6, 6.07) is 16.1. The summed E-state index contributed by atoms with van der Waals surface area (Å²) < 4.78 is 6.26.